The van der Waals surface area contributed by atoms with Crippen molar-refractivity contribution in [1.29, 1.82) is 10.7 Å². The number of carbonyl (C=O) groups excluding carboxylic acids is 1. The Kier molecular flexibility index (Phi) is 9.32. The summed E-state index contributed by atoms with van der Waals surface area (Å²) in [6, 6.07) is 6.91. The molecule has 0 aliphatic carbocycles. The van der Waals surface area contributed by atoms with Crippen LogP contribution in [0, 0.1) is 22.6 Å². The Morgan fingerprint density at radius 3 is 2.39 bits per heavy atom. The van der Waals surface area contributed by atoms with Crippen molar-refractivity contribution in [3.63, 3.8) is 0 Å². The van der Waals surface area contributed by atoms with Gasteiger partial charge in [0.2, 0.25) is 0 Å². The number of nitrogens with one attached hydrogen (secondary N) is 1. The second kappa shape index (κ2) is 11.6. The van der Waals surface area contributed by atoms with Crippen molar-refractivity contribution >= 4 is 28.6 Å². The van der Waals surface area contributed by atoms with E-state index in [2.05, 4.69) is 0 Å². The molecule has 0 saturated carbocycles. The molecular weight excluding hydrogens is 533 g/mol. The van der Waals surface area contributed by atoms with E-state index in [-0.39, 0.29) is 65.4 Å². The molecule has 10 heteroatoms. The van der Waals surface area contributed by atoms with Crippen molar-refractivity contribution in [3.05, 3.63) is 46.3 Å². The fourth-order valence-corrected chi connectivity index (χ4v) is 4.06. The summed E-state index contributed by atoms with van der Waals surface area (Å²) < 4.78 is 36.8. The van der Waals surface area contributed by atoms with Gasteiger partial charge in [0.25, 0.3) is 0 Å². The number of rotatable bonds is 9. The molecule has 0 unspecified atom stereocenters. The molecule has 0 saturated heterocycles. The number of amidine groups is 1. The number of ether oxygens (including phenoxy) is 4. The monoisotopic (exact) mass is 563 g/mol. The van der Waals surface area contributed by atoms with E-state index in [1.54, 1.807) is 18.2 Å². The lowest BCUT2D eigenvalue weighted by molar-refractivity contribution is 0.0962. The lowest BCUT2D eigenvalue weighted by atomic mass is 9.84. The predicted molar refractivity (Wildman–Crippen MR) is 139 cm³/mol. The van der Waals surface area contributed by atoms with E-state index < -0.39 is 11.2 Å². The van der Waals surface area contributed by atoms with Crippen LogP contribution in [-0.4, -0.2) is 50.5 Å². The summed E-state index contributed by atoms with van der Waals surface area (Å²) >= 11 is 0. The number of benzene rings is 2. The van der Waals surface area contributed by atoms with E-state index >= 15 is 4.39 Å². The summed E-state index contributed by atoms with van der Waals surface area (Å²) in [4.78, 5) is 14.9. The van der Waals surface area contributed by atoms with Crippen LogP contribution in [0.4, 0.5) is 4.39 Å². The van der Waals surface area contributed by atoms with Crippen molar-refractivity contribution in [2.45, 2.75) is 39.7 Å². The number of Topliss-reactive ketones (excluding diaryl/α,β-unsaturated/α-hetero) is 1. The standard InChI is InChI=1S/C26H30FN3O5.BrH/c1-7-34-20-11-15(10-17(26(2,3)4)23(20)35-9-8-28)18(31)14-30-13-16-12-19(32-5)24(33-6)22(27)21(16)25(30)29;/h10-12,29H,7,9,13-14H2,1-6H3;1H. The highest BCUT2D eigenvalue weighted by atomic mass is 79.9. The summed E-state index contributed by atoms with van der Waals surface area (Å²) in [5.74, 6) is -0.0856. The number of halogens is 2. The molecule has 3 rings (SSSR count). The van der Waals surface area contributed by atoms with Crippen LogP contribution in [0.5, 0.6) is 23.0 Å². The Morgan fingerprint density at radius 1 is 1.14 bits per heavy atom. The van der Waals surface area contributed by atoms with E-state index in [0.717, 1.165) is 5.56 Å². The number of carbonyl (C=O) groups is 1. The highest BCUT2D eigenvalue weighted by Crippen LogP contribution is 2.41. The first kappa shape index (κ1) is 28.9. The summed E-state index contributed by atoms with van der Waals surface area (Å²) in [7, 11) is 2.75. The SMILES string of the molecule is Br.CCOc1cc(C(=O)CN2Cc3cc(OC)c(OC)c(F)c3C2=N)cc(C(C)(C)C)c1OCC#N. The van der Waals surface area contributed by atoms with Gasteiger partial charge in [0.05, 0.1) is 32.9 Å². The molecule has 2 aromatic rings. The average Bonchev–Trinajstić information content (AvgIpc) is 3.12. The van der Waals surface area contributed by atoms with Crippen molar-refractivity contribution in [2.24, 2.45) is 0 Å². The summed E-state index contributed by atoms with van der Waals surface area (Å²) in [5, 5.41) is 17.5. The number of hydrogen-bond acceptors (Lipinski definition) is 7. The highest BCUT2D eigenvalue weighted by Gasteiger charge is 2.33. The topological polar surface area (TPSA) is 105 Å². The summed E-state index contributed by atoms with van der Waals surface area (Å²) in [6.07, 6.45) is 0. The molecule has 36 heavy (non-hydrogen) atoms. The third-order valence-electron chi connectivity index (χ3n) is 5.71. The maximum atomic E-state index is 15.1. The molecule has 0 radical (unpaired) electrons. The van der Waals surface area contributed by atoms with Crippen molar-refractivity contribution in [1.82, 2.24) is 4.90 Å². The number of hydrogen-bond donors (Lipinski definition) is 1. The molecule has 1 aliphatic heterocycles. The molecule has 0 spiro atoms. The van der Waals surface area contributed by atoms with Crippen LogP contribution in [-0.2, 0) is 12.0 Å². The first-order valence-corrected chi connectivity index (χ1v) is 11.2. The Bertz CT molecular complexity index is 1200. The molecule has 8 nitrogen and oxygen atoms in total. The van der Waals surface area contributed by atoms with Crippen molar-refractivity contribution in [3.8, 4) is 29.1 Å². The maximum absolute atomic E-state index is 15.1. The first-order valence-electron chi connectivity index (χ1n) is 11.2. The maximum Gasteiger partial charge on any atom is 0.197 e. The van der Waals surface area contributed by atoms with Crippen LogP contribution in [0.2, 0.25) is 0 Å². The third kappa shape index (κ3) is 5.57. The Hall–Kier alpha value is -3.32. The van der Waals surface area contributed by atoms with Crippen LogP contribution in [0.1, 0.15) is 54.7 Å². The zero-order valence-corrected chi connectivity index (χ0v) is 23.0. The number of nitriles is 1. The molecule has 194 valence electrons. The van der Waals surface area contributed by atoms with Gasteiger partial charge in [-0.1, -0.05) is 20.8 Å². The van der Waals surface area contributed by atoms with Gasteiger partial charge in [0.1, 0.15) is 11.9 Å². The van der Waals surface area contributed by atoms with E-state index in [1.165, 1.54) is 19.1 Å². The van der Waals surface area contributed by atoms with Crippen LogP contribution < -0.4 is 18.9 Å². The minimum absolute atomic E-state index is 0. The van der Waals surface area contributed by atoms with Gasteiger partial charge < -0.3 is 23.8 Å². The van der Waals surface area contributed by atoms with E-state index in [9.17, 15) is 4.79 Å². The lowest BCUT2D eigenvalue weighted by Crippen LogP contribution is -2.30. The predicted octanol–water partition coefficient (Wildman–Crippen LogP) is 5.04. The van der Waals surface area contributed by atoms with Gasteiger partial charge in [0.15, 0.2) is 41.2 Å². The van der Waals surface area contributed by atoms with Crippen LogP contribution in [0.15, 0.2) is 18.2 Å². The second-order valence-electron chi connectivity index (χ2n) is 9.07. The fraction of sp³-hybridized carbons (Fsp3) is 0.423. The Balaban J connectivity index is 0.00000456. The van der Waals surface area contributed by atoms with Gasteiger partial charge in [-0.3, -0.25) is 10.2 Å². The van der Waals surface area contributed by atoms with E-state index in [1.807, 2.05) is 33.8 Å². The normalized spacial score (nSPS) is 12.4. The van der Waals surface area contributed by atoms with Gasteiger partial charge >= 0.3 is 0 Å². The average molecular weight is 564 g/mol. The van der Waals surface area contributed by atoms with Gasteiger partial charge in [-0.2, -0.15) is 5.26 Å². The van der Waals surface area contributed by atoms with Crippen LogP contribution in [0.3, 0.4) is 0 Å². The highest BCUT2D eigenvalue weighted by molar-refractivity contribution is 8.93. The molecular formula is C26H31BrFN3O5. The fourth-order valence-electron chi connectivity index (χ4n) is 4.06. The Morgan fingerprint density at radius 2 is 1.83 bits per heavy atom. The van der Waals surface area contributed by atoms with Gasteiger partial charge in [-0.15, -0.1) is 17.0 Å². The van der Waals surface area contributed by atoms with Gasteiger partial charge in [-0.05, 0) is 36.1 Å². The zero-order valence-electron chi connectivity index (χ0n) is 21.3. The summed E-state index contributed by atoms with van der Waals surface area (Å²) in [5.41, 5.74) is 1.34. The molecule has 0 fully saturated rings. The molecule has 0 bridgehead atoms. The third-order valence-corrected chi connectivity index (χ3v) is 5.71. The smallest absolute Gasteiger partial charge is 0.197 e. The largest absolute Gasteiger partial charge is 0.493 e. The minimum atomic E-state index is -0.686. The van der Waals surface area contributed by atoms with Crippen LogP contribution in [0.25, 0.3) is 0 Å². The van der Waals surface area contributed by atoms with Crippen LogP contribution >= 0.6 is 17.0 Å². The molecule has 2 aromatic carbocycles. The number of nitrogens with zero attached hydrogens (tertiary/aromatic N) is 2. The molecule has 0 aromatic heterocycles. The van der Waals surface area contributed by atoms with Gasteiger partial charge in [0, 0.05) is 17.7 Å². The molecule has 1 N–H and O–H groups in total. The molecule has 1 heterocycles. The number of ketones is 1. The quantitative estimate of drug-likeness (QED) is 0.426. The first-order chi connectivity index (χ1) is 16.6. The number of methoxy groups -OCH3 is 2. The minimum Gasteiger partial charge on any atom is -0.493 e. The molecule has 0 atom stereocenters. The zero-order chi connectivity index (χ0) is 25.9. The second-order valence-corrected chi connectivity index (χ2v) is 9.07. The van der Waals surface area contributed by atoms with Gasteiger partial charge in [-0.25, -0.2) is 4.39 Å². The molecule has 1 aliphatic rings. The lowest BCUT2D eigenvalue weighted by Gasteiger charge is -2.25. The Labute approximate surface area is 221 Å². The van der Waals surface area contributed by atoms with E-state index in [4.69, 9.17) is 29.6 Å². The van der Waals surface area contributed by atoms with Crippen molar-refractivity contribution < 1.29 is 28.1 Å². The number of fused-ring (bicyclic) bond motifs is 1. The van der Waals surface area contributed by atoms with Crippen molar-refractivity contribution in [2.75, 3.05) is 34.0 Å². The molecule has 0 amide bonds. The van der Waals surface area contributed by atoms with E-state index in [0.29, 0.717) is 29.2 Å². The summed E-state index contributed by atoms with van der Waals surface area (Å²) in [6.45, 7) is 7.98.